The fourth-order valence-corrected chi connectivity index (χ4v) is 5.75. The second-order valence-electron chi connectivity index (χ2n) is 8.38. The van der Waals surface area contributed by atoms with Gasteiger partial charge in [0, 0.05) is 40.6 Å². The summed E-state index contributed by atoms with van der Waals surface area (Å²) in [4.78, 5) is 28.9. The molecule has 0 spiro atoms. The summed E-state index contributed by atoms with van der Waals surface area (Å²) in [6, 6.07) is 15.9. The Morgan fingerprint density at radius 2 is 1.94 bits per heavy atom. The van der Waals surface area contributed by atoms with E-state index in [0.717, 1.165) is 21.3 Å². The zero-order valence-electron chi connectivity index (χ0n) is 19.2. The molecule has 0 aliphatic carbocycles. The van der Waals surface area contributed by atoms with Crippen molar-refractivity contribution in [2.24, 2.45) is 7.05 Å². The third-order valence-corrected chi connectivity index (χ3v) is 7.53. The average molecular weight is 507 g/mol. The van der Waals surface area contributed by atoms with Gasteiger partial charge in [0.2, 0.25) is 0 Å². The molecule has 178 valence electrons. The summed E-state index contributed by atoms with van der Waals surface area (Å²) in [6.45, 7) is 0.324. The van der Waals surface area contributed by atoms with Crippen LogP contribution in [-0.2, 0) is 23.1 Å². The summed E-state index contributed by atoms with van der Waals surface area (Å²) >= 11 is 7.60. The van der Waals surface area contributed by atoms with Gasteiger partial charge in [-0.25, -0.2) is 0 Å². The molecule has 2 aromatic carbocycles. The molecule has 0 radical (unpaired) electrons. The van der Waals surface area contributed by atoms with Crippen molar-refractivity contribution in [1.29, 1.82) is 0 Å². The van der Waals surface area contributed by atoms with E-state index in [1.807, 2.05) is 36.7 Å². The number of ether oxygens (including phenoxy) is 1. The molecular weight excluding hydrogens is 484 g/mol. The van der Waals surface area contributed by atoms with Gasteiger partial charge in [-0.15, -0.1) is 11.3 Å². The number of nitrogens with zero attached hydrogens (tertiary/aromatic N) is 2. The van der Waals surface area contributed by atoms with Gasteiger partial charge in [0.1, 0.15) is 11.5 Å². The van der Waals surface area contributed by atoms with Gasteiger partial charge in [0.25, 0.3) is 11.7 Å². The number of amides is 1. The molecule has 3 heterocycles. The van der Waals surface area contributed by atoms with Gasteiger partial charge >= 0.3 is 0 Å². The molecule has 0 bridgehead atoms. The van der Waals surface area contributed by atoms with Gasteiger partial charge in [-0.1, -0.05) is 35.9 Å². The second-order valence-corrected chi connectivity index (χ2v) is 9.80. The molecule has 1 atom stereocenters. The Bertz CT molecular complexity index is 1470. The number of rotatable bonds is 6. The highest BCUT2D eigenvalue weighted by Gasteiger charge is 2.46. The van der Waals surface area contributed by atoms with Crippen LogP contribution in [0.1, 0.15) is 22.0 Å². The van der Waals surface area contributed by atoms with E-state index < -0.39 is 17.7 Å². The Morgan fingerprint density at radius 1 is 1.14 bits per heavy atom. The predicted molar refractivity (Wildman–Crippen MR) is 138 cm³/mol. The monoisotopic (exact) mass is 506 g/mol. The Morgan fingerprint density at radius 3 is 2.69 bits per heavy atom. The summed E-state index contributed by atoms with van der Waals surface area (Å²) in [5, 5.41) is 14.7. The van der Waals surface area contributed by atoms with Crippen molar-refractivity contribution < 1.29 is 19.4 Å². The highest BCUT2D eigenvalue weighted by atomic mass is 35.5. The van der Waals surface area contributed by atoms with Crippen LogP contribution in [0.3, 0.4) is 0 Å². The third kappa shape index (κ3) is 4.00. The number of aliphatic hydroxyl groups excluding tert-OH is 1. The molecule has 1 fully saturated rings. The van der Waals surface area contributed by atoms with Gasteiger partial charge in [-0.3, -0.25) is 9.59 Å². The molecule has 6 nitrogen and oxygen atoms in total. The number of aliphatic hydroxyl groups is 1. The van der Waals surface area contributed by atoms with Crippen LogP contribution in [0.25, 0.3) is 16.7 Å². The average Bonchev–Trinajstić information content (AvgIpc) is 3.56. The van der Waals surface area contributed by atoms with Crippen LogP contribution in [0.2, 0.25) is 5.02 Å². The van der Waals surface area contributed by atoms with E-state index in [2.05, 4.69) is 22.9 Å². The lowest BCUT2D eigenvalue weighted by Gasteiger charge is -2.24. The summed E-state index contributed by atoms with van der Waals surface area (Å²) in [6.07, 6.45) is 2.62. The maximum Gasteiger partial charge on any atom is 0.295 e. The number of aromatic nitrogens is 1. The number of aryl methyl sites for hydroxylation is 1. The number of benzene rings is 2. The fourth-order valence-electron chi connectivity index (χ4n) is 4.73. The first-order chi connectivity index (χ1) is 16.9. The topological polar surface area (TPSA) is 71.8 Å². The van der Waals surface area contributed by atoms with E-state index in [-0.39, 0.29) is 16.9 Å². The van der Waals surface area contributed by atoms with Crippen molar-refractivity contribution in [3.05, 3.63) is 92.8 Å². The molecule has 0 saturated carbocycles. The molecule has 2 aromatic heterocycles. The molecule has 1 aliphatic rings. The van der Waals surface area contributed by atoms with Gasteiger partial charge in [0.05, 0.1) is 24.3 Å². The maximum absolute atomic E-state index is 13.3. The van der Waals surface area contributed by atoms with Crippen LogP contribution < -0.4 is 4.74 Å². The number of thiophene rings is 1. The Labute approximate surface area is 211 Å². The van der Waals surface area contributed by atoms with Crippen LogP contribution in [0, 0.1) is 0 Å². The van der Waals surface area contributed by atoms with Crippen molar-refractivity contribution in [1.82, 2.24) is 9.47 Å². The number of Topliss-reactive ketones (excluding diaryl/α,β-unsaturated/α-hetero) is 1. The molecular formula is C27H23ClN2O4S. The predicted octanol–water partition coefficient (Wildman–Crippen LogP) is 5.57. The van der Waals surface area contributed by atoms with E-state index in [1.165, 1.54) is 24.5 Å². The van der Waals surface area contributed by atoms with Crippen LogP contribution in [0.15, 0.2) is 71.7 Å². The van der Waals surface area contributed by atoms with Crippen molar-refractivity contribution in [3.8, 4) is 5.75 Å². The van der Waals surface area contributed by atoms with E-state index in [9.17, 15) is 14.7 Å². The first-order valence-corrected chi connectivity index (χ1v) is 12.3. The van der Waals surface area contributed by atoms with Crippen LogP contribution in [0.5, 0.6) is 5.75 Å². The Kier molecular flexibility index (Phi) is 6.13. The molecule has 1 unspecified atom stereocenters. The zero-order chi connectivity index (χ0) is 24.7. The molecule has 5 rings (SSSR count). The summed E-state index contributed by atoms with van der Waals surface area (Å²) in [7, 11) is 3.46. The standard InChI is InChI=1S/C27H23ClN2O4S/c1-29-15-16(18-6-3-4-7-20(18)29)11-12-30-24(22-8-5-13-35-22)23(26(32)27(30)33)25(31)19-14-17(28)9-10-21(19)34-2/h3-10,13-15,24,31H,11-12H2,1-2H3/b25-23-. The van der Waals surface area contributed by atoms with Gasteiger partial charge in [-0.2, -0.15) is 0 Å². The smallest absolute Gasteiger partial charge is 0.295 e. The number of likely N-dealkylation sites (tertiary alicyclic amines) is 1. The summed E-state index contributed by atoms with van der Waals surface area (Å²) < 4.78 is 7.44. The molecule has 35 heavy (non-hydrogen) atoms. The second kappa shape index (κ2) is 9.24. The van der Waals surface area contributed by atoms with E-state index >= 15 is 0 Å². The highest BCUT2D eigenvalue weighted by molar-refractivity contribution is 7.10. The number of para-hydroxylation sites is 1. The lowest BCUT2D eigenvalue weighted by molar-refractivity contribution is -0.139. The van der Waals surface area contributed by atoms with E-state index in [4.69, 9.17) is 16.3 Å². The number of carbonyl (C=O) groups is 2. The van der Waals surface area contributed by atoms with Gasteiger partial charge < -0.3 is 19.3 Å². The lowest BCUT2D eigenvalue weighted by atomic mass is 9.99. The minimum atomic E-state index is -0.721. The molecule has 1 aliphatic heterocycles. The third-order valence-electron chi connectivity index (χ3n) is 6.37. The van der Waals surface area contributed by atoms with E-state index in [0.29, 0.717) is 23.7 Å². The summed E-state index contributed by atoms with van der Waals surface area (Å²) in [5.41, 5.74) is 2.50. The molecule has 8 heteroatoms. The maximum atomic E-state index is 13.3. The number of halogens is 1. The minimum absolute atomic E-state index is 0.0379. The van der Waals surface area contributed by atoms with Crippen molar-refractivity contribution in [2.75, 3.05) is 13.7 Å². The van der Waals surface area contributed by atoms with Crippen molar-refractivity contribution >= 4 is 51.3 Å². The van der Waals surface area contributed by atoms with Crippen molar-refractivity contribution in [3.63, 3.8) is 0 Å². The first kappa shape index (κ1) is 23.2. The number of carbonyl (C=O) groups excluding carboxylic acids is 2. The van der Waals surface area contributed by atoms with Crippen LogP contribution >= 0.6 is 22.9 Å². The molecule has 4 aromatic rings. The first-order valence-electron chi connectivity index (χ1n) is 11.1. The highest BCUT2D eigenvalue weighted by Crippen LogP contribution is 2.43. The quantitative estimate of drug-likeness (QED) is 0.211. The SMILES string of the molecule is COc1ccc(Cl)cc1/C(O)=C1/C(=O)C(=O)N(CCc2cn(C)c3ccccc23)C1c1cccs1. The van der Waals surface area contributed by atoms with Gasteiger partial charge in [0.15, 0.2) is 0 Å². The Hall–Kier alpha value is -3.55. The number of hydrogen-bond acceptors (Lipinski definition) is 5. The largest absolute Gasteiger partial charge is 0.507 e. The molecule has 1 saturated heterocycles. The van der Waals surface area contributed by atoms with Crippen LogP contribution in [0.4, 0.5) is 0 Å². The number of fused-ring (bicyclic) bond motifs is 1. The molecule has 1 amide bonds. The lowest BCUT2D eigenvalue weighted by Crippen LogP contribution is -2.31. The molecule has 1 N–H and O–H groups in total. The zero-order valence-corrected chi connectivity index (χ0v) is 20.8. The summed E-state index contributed by atoms with van der Waals surface area (Å²) in [5.74, 6) is -1.29. The number of methoxy groups -OCH3 is 1. The van der Waals surface area contributed by atoms with Gasteiger partial charge in [-0.05, 0) is 47.7 Å². The minimum Gasteiger partial charge on any atom is -0.507 e. The Balaban J connectivity index is 1.57. The number of ketones is 1. The van der Waals surface area contributed by atoms with E-state index in [1.54, 1.807) is 17.0 Å². The normalized spacial score (nSPS) is 17.5. The van der Waals surface area contributed by atoms with Crippen LogP contribution in [-0.4, -0.2) is 39.9 Å². The van der Waals surface area contributed by atoms with Crippen molar-refractivity contribution in [2.45, 2.75) is 12.5 Å². The fraction of sp³-hybridized carbons (Fsp3) is 0.185. The number of hydrogen-bond donors (Lipinski definition) is 1.